The fraction of sp³-hybridized carbons (Fsp3) is 0.0385. The summed E-state index contributed by atoms with van der Waals surface area (Å²) in [7, 11) is 0. The molecule has 2 aromatic heterocycles. The Labute approximate surface area is 357 Å². The van der Waals surface area contributed by atoms with E-state index in [2.05, 4.69) is 224 Å². The van der Waals surface area contributed by atoms with Crippen LogP contribution in [0.4, 0.5) is 34.1 Å². The second-order valence-corrected chi connectivity index (χ2v) is 14.9. The van der Waals surface area contributed by atoms with E-state index in [0.717, 1.165) is 47.2 Å². The van der Waals surface area contributed by atoms with Crippen molar-refractivity contribution in [2.75, 3.05) is 32.7 Å². The van der Waals surface area contributed by atoms with Crippen LogP contribution in [0.15, 0.2) is 182 Å². The topological polar surface area (TPSA) is 22.8 Å². The Morgan fingerprint density at radius 2 is 0.695 bits per heavy atom. The van der Waals surface area contributed by atoms with E-state index in [4.69, 9.17) is 0 Å². The molecule has 8 aromatic carbocycles. The van der Waals surface area contributed by atoms with Crippen LogP contribution in [0.1, 0.15) is 0 Å². The Hall–Kier alpha value is -6.78. The second-order valence-electron chi connectivity index (χ2n) is 14.9. The molecule has 7 heteroatoms. The molecule has 0 bridgehead atoms. The second kappa shape index (κ2) is 14.2. The molecule has 2 aliphatic heterocycles. The Morgan fingerprint density at radius 1 is 0.373 bits per heavy atom. The SMILES string of the molecule is [Pd].[c-]1ccc(-n2c3ccccc3c3ccccc32)cc1N1[CH-]N(CCN2[CH-]N(c3[c-]ccc(-n4c5ccccc5c5ccccc54)c3)c3ccccc32)c2ccccc21. The monoisotopic (exact) mass is 850 g/mol. The summed E-state index contributed by atoms with van der Waals surface area (Å²) in [6.07, 6.45) is 0. The number of anilines is 6. The molecule has 12 rings (SSSR count). The van der Waals surface area contributed by atoms with Crippen LogP contribution < -0.4 is 19.6 Å². The summed E-state index contributed by atoms with van der Waals surface area (Å²) in [6, 6.07) is 72.0. The average molecular weight is 851 g/mol. The van der Waals surface area contributed by atoms with E-state index < -0.39 is 0 Å². The summed E-state index contributed by atoms with van der Waals surface area (Å²) in [5.74, 6) is 0. The molecule has 59 heavy (non-hydrogen) atoms. The van der Waals surface area contributed by atoms with Crippen molar-refractivity contribution in [3.8, 4) is 11.4 Å². The van der Waals surface area contributed by atoms with Gasteiger partial charge in [-0.2, -0.15) is 37.6 Å². The van der Waals surface area contributed by atoms with Crippen molar-refractivity contribution in [2.24, 2.45) is 0 Å². The van der Waals surface area contributed by atoms with Crippen LogP contribution in [0.3, 0.4) is 0 Å². The van der Waals surface area contributed by atoms with Crippen LogP contribution in [0.5, 0.6) is 0 Å². The summed E-state index contributed by atoms with van der Waals surface area (Å²) < 4.78 is 4.73. The van der Waals surface area contributed by atoms with Crippen LogP contribution in [0, 0.1) is 25.5 Å². The maximum absolute atomic E-state index is 3.56. The third-order valence-corrected chi connectivity index (χ3v) is 11.7. The van der Waals surface area contributed by atoms with Crippen molar-refractivity contribution in [1.29, 1.82) is 0 Å². The molecule has 0 aliphatic carbocycles. The fourth-order valence-corrected chi connectivity index (χ4v) is 9.15. The van der Waals surface area contributed by atoms with Gasteiger partial charge in [-0.3, -0.25) is 0 Å². The Bertz CT molecular complexity index is 2880. The van der Waals surface area contributed by atoms with Gasteiger partial charge in [0.1, 0.15) is 0 Å². The Kier molecular flexibility index (Phi) is 8.55. The number of aromatic nitrogens is 2. The molecule has 0 fully saturated rings. The number of hydrogen-bond acceptors (Lipinski definition) is 4. The fourth-order valence-electron chi connectivity index (χ4n) is 9.15. The van der Waals surface area contributed by atoms with E-state index in [0.29, 0.717) is 0 Å². The van der Waals surface area contributed by atoms with Crippen molar-refractivity contribution in [3.63, 3.8) is 0 Å². The normalized spacial score (nSPS) is 13.5. The zero-order valence-electron chi connectivity index (χ0n) is 31.9. The molecular weight excluding hydrogens is 815 g/mol. The van der Waals surface area contributed by atoms with Gasteiger partial charge in [0.2, 0.25) is 0 Å². The molecule has 6 nitrogen and oxygen atoms in total. The maximum atomic E-state index is 3.56. The van der Waals surface area contributed by atoms with E-state index in [-0.39, 0.29) is 20.4 Å². The zero-order valence-corrected chi connectivity index (χ0v) is 33.4. The van der Waals surface area contributed by atoms with Gasteiger partial charge in [-0.05, 0) is 48.5 Å². The molecule has 4 heterocycles. The van der Waals surface area contributed by atoms with Gasteiger partial charge in [0.15, 0.2) is 0 Å². The van der Waals surface area contributed by atoms with E-state index in [1.807, 2.05) is 12.1 Å². The predicted molar refractivity (Wildman–Crippen MR) is 240 cm³/mol. The molecule has 0 unspecified atom stereocenters. The maximum Gasteiger partial charge on any atom is 0.0518 e. The van der Waals surface area contributed by atoms with Gasteiger partial charge in [0.05, 0.1) is 22.1 Å². The third kappa shape index (κ3) is 5.65. The molecule has 288 valence electrons. The van der Waals surface area contributed by atoms with Gasteiger partial charge >= 0.3 is 0 Å². The first-order valence-corrected chi connectivity index (χ1v) is 19.8. The number of rotatable bonds is 7. The van der Waals surface area contributed by atoms with Gasteiger partial charge in [-0.25, -0.2) is 0 Å². The van der Waals surface area contributed by atoms with Gasteiger partial charge in [-0.15, -0.1) is 35.6 Å². The van der Waals surface area contributed by atoms with Crippen molar-refractivity contribution in [3.05, 3.63) is 207 Å². The van der Waals surface area contributed by atoms with Crippen molar-refractivity contribution >= 4 is 77.7 Å². The van der Waals surface area contributed by atoms with Crippen LogP contribution in [0.2, 0.25) is 0 Å². The van der Waals surface area contributed by atoms with Gasteiger partial charge < -0.3 is 28.7 Å². The molecule has 0 saturated carbocycles. The number of hydrogen-bond donors (Lipinski definition) is 0. The summed E-state index contributed by atoms with van der Waals surface area (Å²) in [6.45, 7) is 6.03. The Morgan fingerprint density at radius 3 is 1.07 bits per heavy atom. The molecule has 0 atom stereocenters. The minimum atomic E-state index is 0. The molecule has 0 spiro atoms. The minimum absolute atomic E-state index is 0. The van der Waals surface area contributed by atoms with E-state index >= 15 is 0 Å². The van der Waals surface area contributed by atoms with Crippen LogP contribution in [0.25, 0.3) is 55.0 Å². The van der Waals surface area contributed by atoms with Crippen molar-refractivity contribution in [2.45, 2.75) is 0 Å². The standard InChI is InChI=1S/C52H36N6.Pd/c1-5-23-45-41(19-1)42-20-2-6-24-46(42)57(45)39-17-13-15-37(33-39)55-35-53(49-27-9-11-29-51(49)55)31-32-54-36-56(52-30-12-10-28-50(52)54)38-16-14-18-40(34-38)58-47-25-7-3-21-43(47)44-22-4-8-26-48(44)58;/h1-14,17-30,33-36H,31-32H2;/q-4;. The largest absolute Gasteiger partial charge is 0.500 e. The molecule has 0 amide bonds. The molecular formula is C52H36N6Pd-4. The smallest absolute Gasteiger partial charge is 0.0518 e. The number of fused-ring (bicyclic) bond motifs is 8. The van der Waals surface area contributed by atoms with Gasteiger partial charge in [-0.1, -0.05) is 108 Å². The first-order chi connectivity index (χ1) is 28.8. The van der Waals surface area contributed by atoms with E-state index in [1.165, 1.54) is 55.0 Å². The van der Waals surface area contributed by atoms with Crippen LogP contribution in [-0.2, 0) is 20.4 Å². The number of para-hydroxylation sites is 8. The van der Waals surface area contributed by atoms with Crippen molar-refractivity contribution < 1.29 is 20.4 Å². The van der Waals surface area contributed by atoms with E-state index in [1.54, 1.807) is 0 Å². The number of nitrogens with zero attached hydrogens (tertiary/aromatic N) is 6. The average Bonchev–Trinajstić information content (AvgIpc) is 4.04. The van der Waals surface area contributed by atoms with Gasteiger partial charge in [0, 0.05) is 77.8 Å². The first kappa shape index (κ1) is 35.4. The van der Waals surface area contributed by atoms with Crippen molar-refractivity contribution in [1.82, 2.24) is 9.13 Å². The van der Waals surface area contributed by atoms with Crippen LogP contribution >= 0.6 is 0 Å². The summed E-state index contributed by atoms with van der Waals surface area (Å²) in [5, 5.41) is 5.02. The number of benzene rings is 8. The molecule has 10 aromatic rings. The van der Waals surface area contributed by atoms with Gasteiger partial charge in [0.25, 0.3) is 0 Å². The third-order valence-electron chi connectivity index (χ3n) is 11.7. The Balaban J connectivity index is 0.00000397. The summed E-state index contributed by atoms with van der Waals surface area (Å²) in [5.41, 5.74) is 13.6. The van der Waals surface area contributed by atoms with E-state index in [9.17, 15) is 0 Å². The molecule has 0 radical (unpaired) electrons. The molecule has 0 N–H and O–H groups in total. The zero-order chi connectivity index (χ0) is 38.2. The first-order valence-electron chi connectivity index (χ1n) is 19.8. The van der Waals surface area contributed by atoms with Crippen LogP contribution in [-0.4, -0.2) is 22.2 Å². The quantitative estimate of drug-likeness (QED) is 0.118. The molecule has 2 aliphatic rings. The summed E-state index contributed by atoms with van der Waals surface area (Å²) in [4.78, 5) is 9.28. The predicted octanol–water partition coefficient (Wildman–Crippen LogP) is 12.3. The molecule has 0 saturated heterocycles. The summed E-state index contributed by atoms with van der Waals surface area (Å²) >= 11 is 0. The minimum Gasteiger partial charge on any atom is -0.500 e.